The summed E-state index contributed by atoms with van der Waals surface area (Å²) >= 11 is 0. The minimum absolute atomic E-state index is 0.329. The smallest absolute Gasteiger partial charge is 0.248 e. The quantitative estimate of drug-likeness (QED) is 0.498. The standard InChI is InChI=1S/C24H27N5O6/c1-12-19(22(25)30)20(14-10-17(33-4)21(35-6)18(11-14)34-5)29-24(26-12)27-23(28-29)13-7-8-15(31-2)16(9-13)32-3/h7-11,20H,1-6H3,(H2,25,30)(H,26,27,28)/t20-/m0/s1. The van der Waals surface area contributed by atoms with E-state index in [9.17, 15) is 4.79 Å². The van der Waals surface area contributed by atoms with Gasteiger partial charge in [0.05, 0.1) is 41.1 Å². The van der Waals surface area contributed by atoms with Crippen LogP contribution in [0.5, 0.6) is 28.7 Å². The zero-order chi connectivity index (χ0) is 25.3. The lowest BCUT2D eigenvalue weighted by atomic mass is 9.94. The van der Waals surface area contributed by atoms with Crippen LogP contribution < -0.4 is 34.7 Å². The first-order valence-corrected chi connectivity index (χ1v) is 10.6. The second-order valence-electron chi connectivity index (χ2n) is 7.66. The molecule has 11 nitrogen and oxygen atoms in total. The molecule has 2 heterocycles. The van der Waals surface area contributed by atoms with Gasteiger partial charge in [-0.05, 0) is 42.8 Å². The van der Waals surface area contributed by atoms with Gasteiger partial charge in [0, 0.05) is 11.3 Å². The van der Waals surface area contributed by atoms with Gasteiger partial charge in [-0.3, -0.25) is 4.79 Å². The van der Waals surface area contributed by atoms with E-state index >= 15 is 0 Å². The Morgan fingerprint density at radius 1 is 0.914 bits per heavy atom. The Balaban J connectivity index is 1.91. The number of nitrogens with two attached hydrogens (primary N) is 1. The number of ether oxygens (including phenoxy) is 5. The van der Waals surface area contributed by atoms with Crippen LogP contribution in [0.3, 0.4) is 0 Å². The van der Waals surface area contributed by atoms with E-state index in [-0.39, 0.29) is 0 Å². The molecule has 3 N–H and O–H groups in total. The number of hydrogen-bond donors (Lipinski definition) is 2. The zero-order valence-electron chi connectivity index (χ0n) is 20.3. The molecule has 35 heavy (non-hydrogen) atoms. The topological polar surface area (TPSA) is 132 Å². The predicted octanol–water partition coefficient (Wildman–Crippen LogP) is 2.76. The highest BCUT2D eigenvalue weighted by molar-refractivity contribution is 5.95. The lowest BCUT2D eigenvalue weighted by molar-refractivity contribution is -0.115. The van der Waals surface area contributed by atoms with E-state index < -0.39 is 11.9 Å². The summed E-state index contributed by atoms with van der Waals surface area (Å²) in [6.45, 7) is 1.76. The molecule has 0 unspecified atom stereocenters. The van der Waals surface area contributed by atoms with E-state index in [1.54, 1.807) is 50.1 Å². The summed E-state index contributed by atoms with van der Waals surface area (Å²) in [5, 5.41) is 7.86. The molecule has 0 bridgehead atoms. The lowest BCUT2D eigenvalue weighted by Crippen LogP contribution is -2.31. The minimum Gasteiger partial charge on any atom is -0.493 e. The van der Waals surface area contributed by atoms with Crippen molar-refractivity contribution < 1.29 is 28.5 Å². The van der Waals surface area contributed by atoms with E-state index in [1.165, 1.54) is 21.3 Å². The average Bonchev–Trinajstić information content (AvgIpc) is 3.29. The van der Waals surface area contributed by atoms with Gasteiger partial charge in [0.15, 0.2) is 28.8 Å². The molecule has 0 aliphatic carbocycles. The molecule has 1 atom stereocenters. The number of allylic oxidation sites excluding steroid dienone is 1. The Morgan fingerprint density at radius 3 is 2.09 bits per heavy atom. The largest absolute Gasteiger partial charge is 0.493 e. The predicted molar refractivity (Wildman–Crippen MR) is 128 cm³/mol. The van der Waals surface area contributed by atoms with Crippen LogP contribution in [0.2, 0.25) is 0 Å². The van der Waals surface area contributed by atoms with Crippen molar-refractivity contribution in [2.24, 2.45) is 5.73 Å². The van der Waals surface area contributed by atoms with E-state index in [0.29, 0.717) is 62.9 Å². The van der Waals surface area contributed by atoms with Gasteiger partial charge in [0.2, 0.25) is 17.6 Å². The molecule has 0 saturated carbocycles. The fourth-order valence-electron chi connectivity index (χ4n) is 4.14. The van der Waals surface area contributed by atoms with E-state index in [2.05, 4.69) is 10.3 Å². The number of rotatable bonds is 8. The molecule has 2 aromatic carbocycles. The number of anilines is 1. The van der Waals surface area contributed by atoms with Crippen molar-refractivity contribution in [3.8, 4) is 40.1 Å². The number of primary amides is 1. The Bertz CT molecular complexity index is 1290. The molecular weight excluding hydrogens is 454 g/mol. The second-order valence-corrected chi connectivity index (χ2v) is 7.66. The molecule has 1 aromatic heterocycles. The van der Waals surface area contributed by atoms with Crippen molar-refractivity contribution in [3.05, 3.63) is 47.2 Å². The SMILES string of the molecule is COc1ccc(-c2nc3n(n2)[C@@H](c2cc(OC)c(OC)c(OC)c2)C(C(N)=O)=C(C)N3)cc1OC. The van der Waals surface area contributed by atoms with Crippen LogP contribution in [0.25, 0.3) is 11.4 Å². The molecule has 4 rings (SSSR count). The van der Waals surface area contributed by atoms with Crippen LogP contribution in [-0.2, 0) is 4.79 Å². The third-order valence-corrected chi connectivity index (χ3v) is 5.76. The number of nitrogens with one attached hydrogen (secondary N) is 1. The van der Waals surface area contributed by atoms with Gasteiger partial charge in [-0.15, -0.1) is 5.10 Å². The molecule has 3 aromatic rings. The van der Waals surface area contributed by atoms with Crippen molar-refractivity contribution >= 4 is 11.9 Å². The molecular formula is C24H27N5O6. The molecule has 0 radical (unpaired) electrons. The molecule has 1 aliphatic rings. The van der Waals surface area contributed by atoms with Gasteiger partial charge in [-0.25, -0.2) is 4.68 Å². The number of amides is 1. The summed E-state index contributed by atoms with van der Waals surface area (Å²) in [5.74, 6) is 2.69. The summed E-state index contributed by atoms with van der Waals surface area (Å²) in [4.78, 5) is 17.2. The Morgan fingerprint density at radius 2 is 1.54 bits per heavy atom. The van der Waals surface area contributed by atoms with E-state index in [1.807, 2.05) is 6.07 Å². The summed E-state index contributed by atoms with van der Waals surface area (Å²) in [6, 6.07) is 8.20. The first-order valence-electron chi connectivity index (χ1n) is 10.6. The van der Waals surface area contributed by atoms with Gasteiger partial charge >= 0.3 is 0 Å². The molecule has 11 heteroatoms. The highest BCUT2D eigenvalue weighted by Gasteiger charge is 2.35. The lowest BCUT2D eigenvalue weighted by Gasteiger charge is -2.28. The van der Waals surface area contributed by atoms with Crippen LogP contribution in [0, 0.1) is 0 Å². The van der Waals surface area contributed by atoms with Crippen molar-refractivity contribution in [2.75, 3.05) is 40.9 Å². The zero-order valence-corrected chi connectivity index (χ0v) is 20.3. The molecule has 1 aliphatic heterocycles. The summed E-state index contributed by atoms with van der Waals surface area (Å²) < 4.78 is 28.8. The van der Waals surface area contributed by atoms with Gasteiger partial charge in [0.25, 0.3) is 0 Å². The van der Waals surface area contributed by atoms with Crippen molar-refractivity contribution in [1.82, 2.24) is 14.8 Å². The highest BCUT2D eigenvalue weighted by Crippen LogP contribution is 2.44. The molecule has 184 valence electrons. The first-order chi connectivity index (χ1) is 16.9. The van der Waals surface area contributed by atoms with Crippen LogP contribution in [-0.4, -0.2) is 56.2 Å². The van der Waals surface area contributed by atoms with Crippen molar-refractivity contribution in [3.63, 3.8) is 0 Å². The number of carbonyl (C=O) groups excluding carboxylic acids is 1. The first kappa shape index (κ1) is 23.7. The van der Waals surface area contributed by atoms with E-state index in [0.717, 1.165) is 0 Å². The summed E-state index contributed by atoms with van der Waals surface area (Å²) in [6.07, 6.45) is 0. The van der Waals surface area contributed by atoms with Crippen LogP contribution in [0.1, 0.15) is 18.5 Å². The third kappa shape index (κ3) is 4.05. The minimum atomic E-state index is -0.696. The Kier molecular flexibility index (Phi) is 6.41. The highest BCUT2D eigenvalue weighted by atomic mass is 16.5. The second kappa shape index (κ2) is 9.45. The number of aromatic nitrogens is 3. The summed E-state index contributed by atoms with van der Waals surface area (Å²) in [5.41, 5.74) is 8.06. The maximum atomic E-state index is 12.6. The average molecular weight is 482 g/mol. The fourth-order valence-corrected chi connectivity index (χ4v) is 4.14. The number of methoxy groups -OCH3 is 5. The number of fused-ring (bicyclic) bond motifs is 1. The van der Waals surface area contributed by atoms with Gasteiger partial charge in [-0.1, -0.05) is 0 Å². The van der Waals surface area contributed by atoms with Gasteiger partial charge in [-0.2, -0.15) is 4.98 Å². The van der Waals surface area contributed by atoms with Gasteiger partial charge in [0.1, 0.15) is 6.04 Å². The molecule has 0 spiro atoms. The van der Waals surface area contributed by atoms with Gasteiger partial charge < -0.3 is 34.7 Å². The van der Waals surface area contributed by atoms with Crippen LogP contribution in [0.15, 0.2) is 41.6 Å². The Labute approximate surface area is 202 Å². The fraction of sp³-hybridized carbons (Fsp3) is 0.292. The number of benzene rings is 2. The number of nitrogens with zero attached hydrogens (tertiary/aromatic N) is 3. The normalized spacial score (nSPS) is 14.6. The van der Waals surface area contributed by atoms with Crippen molar-refractivity contribution in [1.29, 1.82) is 0 Å². The number of hydrogen-bond acceptors (Lipinski definition) is 9. The third-order valence-electron chi connectivity index (χ3n) is 5.76. The summed E-state index contributed by atoms with van der Waals surface area (Å²) in [7, 11) is 7.69. The van der Waals surface area contributed by atoms with Crippen molar-refractivity contribution in [2.45, 2.75) is 13.0 Å². The monoisotopic (exact) mass is 481 g/mol. The molecule has 0 saturated heterocycles. The maximum absolute atomic E-state index is 12.6. The van der Waals surface area contributed by atoms with Crippen LogP contribution in [0.4, 0.5) is 5.95 Å². The molecule has 0 fully saturated rings. The number of carbonyl (C=O) groups is 1. The maximum Gasteiger partial charge on any atom is 0.248 e. The van der Waals surface area contributed by atoms with E-state index in [4.69, 9.17) is 34.5 Å². The molecule has 1 amide bonds. The Hall–Kier alpha value is -4.41. The van der Waals surface area contributed by atoms with Crippen LogP contribution >= 0.6 is 0 Å².